The van der Waals surface area contributed by atoms with E-state index in [2.05, 4.69) is 4.98 Å². The summed E-state index contributed by atoms with van der Waals surface area (Å²) in [6, 6.07) is 12.0. The molecule has 0 saturated heterocycles. The van der Waals surface area contributed by atoms with Crippen LogP contribution in [0.3, 0.4) is 0 Å². The fraction of sp³-hybridized carbons (Fsp3) is 0.214. The van der Waals surface area contributed by atoms with E-state index in [1.54, 1.807) is 0 Å². The predicted octanol–water partition coefficient (Wildman–Crippen LogP) is 3.08. The van der Waals surface area contributed by atoms with E-state index in [9.17, 15) is 0 Å². The maximum Gasteiger partial charge on any atom is 0.200 e. The van der Waals surface area contributed by atoms with Crippen LogP contribution in [0.5, 0.6) is 0 Å². The van der Waals surface area contributed by atoms with Crippen molar-refractivity contribution < 1.29 is 9.52 Å². The quantitative estimate of drug-likeness (QED) is 0.731. The number of hydrogen-bond donors (Lipinski definition) is 1. The molecule has 3 heteroatoms. The molecule has 1 unspecified atom stereocenters. The molecule has 3 rings (SSSR count). The number of nitrogens with zero attached hydrogens (tertiary/aromatic N) is 1. The number of hydrogen-bond acceptors (Lipinski definition) is 3. The monoisotopic (exact) mass is 227 g/mol. The number of aliphatic hydroxyl groups excluding tert-OH is 1. The van der Waals surface area contributed by atoms with E-state index in [4.69, 9.17) is 9.52 Å². The van der Waals surface area contributed by atoms with Crippen LogP contribution in [0.25, 0.3) is 21.9 Å². The fourth-order valence-corrected chi connectivity index (χ4v) is 1.96. The molecule has 0 fully saturated rings. The number of rotatable bonds is 2. The Hall–Kier alpha value is -1.87. The number of aliphatic hydroxyl groups is 1. The Morgan fingerprint density at radius 1 is 1.24 bits per heavy atom. The van der Waals surface area contributed by atoms with Gasteiger partial charge in [0, 0.05) is 5.39 Å². The smallest absolute Gasteiger partial charge is 0.200 e. The molecule has 17 heavy (non-hydrogen) atoms. The van der Waals surface area contributed by atoms with Gasteiger partial charge < -0.3 is 9.52 Å². The van der Waals surface area contributed by atoms with Gasteiger partial charge in [0.2, 0.25) is 5.89 Å². The molecule has 1 heterocycles. The van der Waals surface area contributed by atoms with Gasteiger partial charge >= 0.3 is 0 Å². The molecular formula is C14H13NO2. The topological polar surface area (TPSA) is 46.3 Å². The van der Waals surface area contributed by atoms with Crippen molar-refractivity contribution >= 4 is 21.9 Å². The summed E-state index contributed by atoms with van der Waals surface area (Å²) in [5.41, 5.74) is 1.65. The minimum atomic E-state index is -0.0684. The van der Waals surface area contributed by atoms with Crippen molar-refractivity contribution in [3.05, 3.63) is 42.3 Å². The van der Waals surface area contributed by atoms with Crippen LogP contribution in [0.1, 0.15) is 18.7 Å². The van der Waals surface area contributed by atoms with Gasteiger partial charge in [0.05, 0.1) is 12.5 Å². The van der Waals surface area contributed by atoms with Gasteiger partial charge in [0.1, 0.15) is 5.52 Å². The summed E-state index contributed by atoms with van der Waals surface area (Å²) in [5, 5.41) is 11.3. The summed E-state index contributed by atoms with van der Waals surface area (Å²) in [4.78, 5) is 4.41. The zero-order chi connectivity index (χ0) is 11.8. The van der Waals surface area contributed by atoms with Crippen LogP contribution in [-0.4, -0.2) is 16.7 Å². The molecular weight excluding hydrogens is 214 g/mol. The molecule has 0 saturated carbocycles. The first-order valence-corrected chi connectivity index (χ1v) is 5.68. The first-order chi connectivity index (χ1) is 8.29. The number of fused-ring (bicyclic) bond motifs is 3. The highest BCUT2D eigenvalue weighted by atomic mass is 16.4. The molecule has 3 nitrogen and oxygen atoms in total. The van der Waals surface area contributed by atoms with Crippen molar-refractivity contribution in [2.45, 2.75) is 12.8 Å². The Labute approximate surface area is 98.7 Å². The SMILES string of the molecule is CC(CO)c1nc2ccc3ccccc3c2o1. The zero-order valence-electron chi connectivity index (χ0n) is 9.55. The average Bonchev–Trinajstić information content (AvgIpc) is 2.82. The Morgan fingerprint density at radius 3 is 2.88 bits per heavy atom. The average molecular weight is 227 g/mol. The Bertz CT molecular complexity index is 672. The van der Waals surface area contributed by atoms with Crippen molar-refractivity contribution in [2.75, 3.05) is 6.61 Å². The lowest BCUT2D eigenvalue weighted by Gasteiger charge is -1.99. The molecule has 2 aromatic carbocycles. The predicted molar refractivity (Wildman–Crippen MR) is 67.0 cm³/mol. The van der Waals surface area contributed by atoms with E-state index >= 15 is 0 Å². The molecule has 86 valence electrons. The largest absolute Gasteiger partial charge is 0.440 e. The molecule has 0 radical (unpaired) electrons. The third-order valence-electron chi connectivity index (χ3n) is 2.99. The third-order valence-corrected chi connectivity index (χ3v) is 2.99. The van der Waals surface area contributed by atoms with Crippen LogP contribution in [0, 0.1) is 0 Å². The molecule has 1 aromatic heterocycles. The van der Waals surface area contributed by atoms with Gasteiger partial charge in [0.15, 0.2) is 5.58 Å². The molecule has 3 aromatic rings. The first kappa shape index (κ1) is 10.3. The van der Waals surface area contributed by atoms with Gasteiger partial charge in [0.25, 0.3) is 0 Å². The van der Waals surface area contributed by atoms with E-state index < -0.39 is 0 Å². The Morgan fingerprint density at radius 2 is 2.06 bits per heavy atom. The lowest BCUT2D eigenvalue weighted by Crippen LogP contribution is -1.98. The second-order valence-corrected chi connectivity index (χ2v) is 4.27. The highest BCUT2D eigenvalue weighted by Crippen LogP contribution is 2.28. The van der Waals surface area contributed by atoms with Gasteiger partial charge in [-0.25, -0.2) is 4.98 Å². The molecule has 1 N–H and O–H groups in total. The fourth-order valence-electron chi connectivity index (χ4n) is 1.96. The lowest BCUT2D eigenvalue weighted by atomic mass is 10.1. The summed E-state index contributed by atoms with van der Waals surface area (Å²) >= 11 is 0. The zero-order valence-corrected chi connectivity index (χ0v) is 9.55. The molecule has 0 aliphatic heterocycles. The summed E-state index contributed by atoms with van der Waals surface area (Å²) in [6.45, 7) is 1.94. The van der Waals surface area contributed by atoms with Crippen molar-refractivity contribution in [1.29, 1.82) is 0 Å². The number of benzene rings is 2. The molecule has 0 aliphatic rings. The van der Waals surface area contributed by atoms with Crippen LogP contribution in [0.4, 0.5) is 0 Å². The van der Waals surface area contributed by atoms with Gasteiger partial charge in [-0.05, 0) is 11.5 Å². The third kappa shape index (κ3) is 1.59. The van der Waals surface area contributed by atoms with Crippen molar-refractivity contribution in [3.8, 4) is 0 Å². The second kappa shape index (κ2) is 3.86. The van der Waals surface area contributed by atoms with Gasteiger partial charge in [-0.15, -0.1) is 0 Å². The van der Waals surface area contributed by atoms with E-state index in [0.717, 1.165) is 21.9 Å². The van der Waals surface area contributed by atoms with Crippen LogP contribution in [-0.2, 0) is 0 Å². The number of oxazole rings is 1. The van der Waals surface area contributed by atoms with E-state index in [1.807, 2.05) is 43.3 Å². The highest BCUT2D eigenvalue weighted by Gasteiger charge is 2.13. The maximum absolute atomic E-state index is 9.13. The van der Waals surface area contributed by atoms with Gasteiger partial charge in [-0.3, -0.25) is 0 Å². The van der Waals surface area contributed by atoms with Gasteiger partial charge in [-0.2, -0.15) is 0 Å². The Kier molecular flexibility index (Phi) is 2.34. The molecule has 0 amide bonds. The van der Waals surface area contributed by atoms with E-state index in [1.165, 1.54) is 0 Å². The highest BCUT2D eigenvalue weighted by molar-refractivity contribution is 6.02. The van der Waals surface area contributed by atoms with Crippen molar-refractivity contribution in [3.63, 3.8) is 0 Å². The summed E-state index contributed by atoms with van der Waals surface area (Å²) in [6.07, 6.45) is 0. The van der Waals surface area contributed by atoms with Crippen LogP contribution in [0.2, 0.25) is 0 Å². The molecule has 0 spiro atoms. The molecule has 0 aliphatic carbocycles. The van der Waals surface area contributed by atoms with Crippen LogP contribution in [0.15, 0.2) is 40.8 Å². The normalized spacial score (nSPS) is 13.3. The summed E-state index contributed by atoms with van der Waals surface area (Å²) in [5.74, 6) is 0.528. The standard InChI is InChI=1S/C14H13NO2/c1-9(8-16)14-15-12-7-6-10-4-2-3-5-11(10)13(12)17-14/h2-7,9,16H,8H2,1H3. The minimum absolute atomic E-state index is 0.0464. The minimum Gasteiger partial charge on any atom is -0.440 e. The summed E-state index contributed by atoms with van der Waals surface area (Å²) in [7, 11) is 0. The molecule has 0 bridgehead atoms. The van der Waals surface area contributed by atoms with Crippen LogP contribution >= 0.6 is 0 Å². The van der Waals surface area contributed by atoms with Crippen LogP contribution < -0.4 is 0 Å². The Balaban J connectivity index is 2.31. The lowest BCUT2D eigenvalue weighted by molar-refractivity contribution is 0.256. The summed E-state index contributed by atoms with van der Waals surface area (Å²) < 4.78 is 5.76. The van der Waals surface area contributed by atoms with Crippen molar-refractivity contribution in [2.24, 2.45) is 0 Å². The van der Waals surface area contributed by atoms with Crippen molar-refractivity contribution in [1.82, 2.24) is 4.98 Å². The van der Waals surface area contributed by atoms with E-state index in [-0.39, 0.29) is 12.5 Å². The second-order valence-electron chi connectivity index (χ2n) is 4.27. The van der Waals surface area contributed by atoms with E-state index in [0.29, 0.717) is 5.89 Å². The first-order valence-electron chi connectivity index (χ1n) is 5.68. The van der Waals surface area contributed by atoms with Gasteiger partial charge in [-0.1, -0.05) is 37.3 Å². The maximum atomic E-state index is 9.13. The number of aromatic nitrogens is 1. The molecule has 1 atom stereocenters.